The van der Waals surface area contributed by atoms with Crippen molar-refractivity contribution < 1.29 is 9.53 Å². The highest BCUT2D eigenvalue weighted by atomic mass is 16.5. The van der Waals surface area contributed by atoms with Gasteiger partial charge in [-0.25, -0.2) is 4.79 Å². The third-order valence-electron chi connectivity index (χ3n) is 4.94. The topological polar surface area (TPSA) is 63.2 Å². The van der Waals surface area contributed by atoms with Gasteiger partial charge in [0.15, 0.2) is 0 Å². The third-order valence-corrected chi connectivity index (χ3v) is 4.94. The number of pyridine rings is 1. The van der Waals surface area contributed by atoms with Gasteiger partial charge in [0, 0.05) is 30.9 Å². The predicted molar refractivity (Wildman–Crippen MR) is 90.6 cm³/mol. The zero-order valence-electron chi connectivity index (χ0n) is 13.5. The minimum Gasteiger partial charge on any atom is -0.487 e. The van der Waals surface area contributed by atoms with E-state index in [1.807, 2.05) is 36.4 Å². The molecule has 5 heteroatoms. The summed E-state index contributed by atoms with van der Waals surface area (Å²) in [4.78, 5) is 16.4. The Balaban J connectivity index is 1.44. The number of carbonyl (C=O) groups excluding carboxylic acids is 1. The van der Waals surface area contributed by atoms with Crippen LogP contribution in [0.25, 0.3) is 0 Å². The van der Waals surface area contributed by atoms with Crippen molar-refractivity contribution >= 4 is 6.03 Å². The first-order valence-corrected chi connectivity index (χ1v) is 8.45. The maximum Gasteiger partial charge on any atom is 0.315 e. The fraction of sp³-hybridized carbons (Fsp3) is 0.368. The monoisotopic (exact) mass is 323 g/mol. The van der Waals surface area contributed by atoms with Gasteiger partial charge >= 0.3 is 6.03 Å². The van der Waals surface area contributed by atoms with Crippen LogP contribution >= 0.6 is 0 Å². The van der Waals surface area contributed by atoms with Crippen molar-refractivity contribution in [3.8, 4) is 5.75 Å². The molecule has 124 valence electrons. The summed E-state index contributed by atoms with van der Waals surface area (Å²) in [6, 6.07) is 11.6. The lowest BCUT2D eigenvalue weighted by Crippen LogP contribution is -2.50. The molecule has 5 nitrogen and oxygen atoms in total. The van der Waals surface area contributed by atoms with E-state index in [0.29, 0.717) is 6.54 Å². The molecule has 2 aromatic rings. The standard InChI is InChI=1S/C19H21N3O2/c23-18(21-13-14-5-3-10-20-12-14)22-16-11-19(8-4-9-19)24-17-7-2-1-6-15(16)17/h1-3,5-7,10,12,16H,4,8-9,11,13H2,(H2,21,22,23). The van der Waals surface area contributed by atoms with Gasteiger partial charge in [-0.3, -0.25) is 4.98 Å². The van der Waals surface area contributed by atoms with Crippen LogP contribution < -0.4 is 15.4 Å². The molecule has 1 spiro atoms. The summed E-state index contributed by atoms with van der Waals surface area (Å²) in [6.07, 6.45) is 7.65. The number of ether oxygens (including phenoxy) is 1. The Morgan fingerprint density at radius 2 is 2.12 bits per heavy atom. The zero-order valence-corrected chi connectivity index (χ0v) is 13.5. The number of aromatic nitrogens is 1. The van der Waals surface area contributed by atoms with Crippen LogP contribution in [0.5, 0.6) is 5.75 Å². The summed E-state index contributed by atoms with van der Waals surface area (Å²) in [7, 11) is 0. The summed E-state index contributed by atoms with van der Waals surface area (Å²) in [5, 5.41) is 6.03. The van der Waals surface area contributed by atoms with Gasteiger partial charge in [0.1, 0.15) is 11.4 Å². The molecule has 2 amide bonds. The second kappa shape index (κ2) is 6.15. The number of hydrogen-bond donors (Lipinski definition) is 2. The van der Waals surface area contributed by atoms with Gasteiger partial charge in [-0.1, -0.05) is 24.3 Å². The number of carbonyl (C=O) groups is 1. The lowest BCUT2D eigenvalue weighted by atomic mass is 9.73. The van der Waals surface area contributed by atoms with E-state index in [4.69, 9.17) is 4.74 Å². The van der Waals surface area contributed by atoms with Crippen LogP contribution in [0.3, 0.4) is 0 Å². The van der Waals surface area contributed by atoms with Crippen molar-refractivity contribution in [1.82, 2.24) is 15.6 Å². The Bertz CT molecular complexity index is 728. The van der Waals surface area contributed by atoms with Gasteiger partial charge in [-0.15, -0.1) is 0 Å². The minimum atomic E-state index is -0.157. The number of urea groups is 1. The number of hydrogen-bond acceptors (Lipinski definition) is 3. The molecule has 0 radical (unpaired) electrons. The Hall–Kier alpha value is -2.56. The van der Waals surface area contributed by atoms with Gasteiger partial charge in [0.25, 0.3) is 0 Å². The van der Waals surface area contributed by atoms with Gasteiger partial charge in [-0.05, 0) is 37.0 Å². The van der Waals surface area contributed by atoms with Gasteiger partial charge in [0.05, 0.1) is 6.04 Å². The van der Waals surface area contributed by atoms with E-state index in [0.717, 1.165) is 36.1 Å². The quantitative estimate of drug-likeness (QED) is 0.911. The molecule has 1 aromatic heterocycles. The molecule has 1 unspecified atom stereocenters. The molecular weight excluding hydrogens is 302 g/mol. The average molecular weight is 323 g/mol. The van der Waals surface area contributed by atoms with Gasteiger partial charge < -0.3 is 15.4 Å². The molecule has 1 atom stereocenters. The molecule has 4 rings (SSSR count). The first-order chi connectivity index (χ1) is 11.7. The maximum atomic E-state index is 12.3. The second-order valence-electron chi connectivity index (χ2n) is 6.62. The van der Waals surface area contributed by atoms with E-state index in [1.165, 1.54) is 6.42 Å². The zero-order chi connectivity index (χ0) is 16.4. The number of para-hydroxylation sites is 1. The summed E-state index contributed by atoms with van der Waals surface area (Å²) < 4.78 is 6.22. The Morgan fingerprint density at radius 3 is 2.88 bits per heavy atom. The van der Waals surface area contributed by atoms with Gasteiger partial charge in [0.2, 0.25) is 0 Å². The number of rotatable bonds is 3. The first-order valence-electron chi connectivity index (χ1n) is 8.45. The highest BCUT2D eigenvalue weighted by Gasteiger charge is 2.45. The van der Waals surface area contributed by atoms with Crippen LogP contribution in [0.4, 0.5) is 4.79 Å². The Kier molecular flexibility index (Phi) is 3.84. The smallest absolute Gasteiger partial charge is 0.315 e. The number of benzene rings is 1. The van der Waals surface area contributed by atoms with Crippen LogP contribution in [0.1, 0.15) is 42.9 Å². The van der Waals surface area contributed by atoms with Crippen LogP contribution in [0, 0.1) is 0 Å². The van der Waals surface area contributed by atoms with Crippen LogP contribution in [0.2, 0.25) is 0 Å². The molecular formula is C19H21N3O2. The van der Waals surface area contributed by atoms with Crippen LogP contribution in [-0.4, -0.2) is 16.6 Å². The van der Waals surface area contributed by atoms with Crippen molar-refractivity contribution in [3.63, 3.8) is 0 Å². The highest BCUT2D eigenvalue weighted by molar-refractivity contribution is 5.74. The van der Waals surface area contributed by atoms with E-state index in [9.17, 15) is 4.79 Å². The van der Waals surface area contributed by atoms with Crippen molar-refractivity contribution in [2.24, 2.45) is 0 Å². The maximum absolute atomic E-state index is 12.3. The normalized spacial score (nSPS) is 20.4. The average Bonchev–Trinajstić information content (AvgIpc) is 2.59. The number of nitrogens with one attached hydrogen (secondary N) is 2. The van der Waals surface area contributed by atoms with Crippen molar-refractivity contribution in [2.75, 3.05) is 0 Å². The number of amides is 2. The van der Waals surface area contributed by atoms with Crippen molar-refractivity contribution in [3.05, 3.63) is 59.9 Å². The minimum absolute atomic E-state index is 0.0100. The van der Waals surface area contributed by atoms with E-state index >= 15 is 0 Å². The first kappa shape index (κ1) is 15.0. The van der Waals surface area contributed by atoms with E-state index in [2.05, 4.69) is 15.6 Å². The van der Waals surface area contributed by atoms with Gasteiger partial charge in [-0.2, -0.15) is 0 Å². The largest absolute Gasteiger partial charge is 0.487 e. The Labute approximate surface area is 141 Å². The molecule has 0 saturated heterocycles. The molecule has 2 heterocycles. The third kappa shape index (κ3) is 2.94. The van der Waals surface area contributed by atoms with Crippen molar-refractivity contribution in [2.45, 2.75) is 43.9 Å². The summed E-state index contributed by atoms with van der Waals surface area (Å²) >= 11 is 0. The van der Waals surface area contributed by atoms with Crippen LogP contribution in [0.15, 0.2) is 48.8 Å². The molecule has 2 N–H and O–H groups in total. The SMILES string of the molecule is O=C(NCc1cccnc1)NC1CC2(CCC2)Oc2ccccc21. The summed E-state index contributed by atoms with van der Waals surface area (Å²) in [5.74, 6) is 0.904. The van der Waals surface area contributed by atoms with Crippen LogP contribution in [-0.2, 0) is 6.54 Å². The molecule has 1 fully saturated rings. The van der Waals surface area contributed by atoms with E-state index in [-0.39, 0.29) is 17.7 Å². The predicted octanol–water partition coefficient (Wildman–Crippen LogP) is 3.33. The molecule has 0 bridgehead atoms. The molecule has 1 aliphatic carbocycles. The van der Waals surface area contributed by atoms with Crippen molar-refractivity contribution in [1.29, 1.82) is 0 Å². The molecule has 1 aromatic carbocycles. The highest BCUT2D eigenvalue weighted by Crippen LogP contribution is 2.48. The lowest BCUT2D eigenvalue weighted by Gasteiger charge is -2.48. The molecule has 2 aliphatic rings. The molecule has 24 heavy (non-hydrogen) atoms. The second-order valence-corrected chi connectivity index (χ2v) is 6.62. The Morgan fingerprint density at radius 1 is 1.25 bits per heavy atom. The molecule has 1 aliphatic heterocycles. The summed E-state index contributed by atoms with van der Waals surface area (Å²) in [5.41, 5.74) is 1.96. The number of fused-ring (bicyclic) bond motifs is 1. The van der Waals surface area contributed by atoms with E-state index in [1.54, 1.807) is 12.4 Å². The van der Waals surface area contributed by atoms with E-state index < -0.39 is 0 Å². The summed E-state index contributed by atoms with van der Waals surface area (Å²) in [6.45, 7) is 0.468. The molecule has 1 saturated carbocycles. The fourth-order valence-electron chi connectivity index (χ4n) is 3.52. The lowest BCUT2D eigenvalue weighted by molar-refractivity contribution is -0.0355. The fourth-order valence-corrected chi connectivity index (χ4v) is 3.52. The number of nitrogens with zero attached hydrogens (tertiary/aromatic N) is 1.